The molecule has 0 radical (unpaired) electrons. The first-order valence-corrected chi connectivity index (χ1v) is 9.69. The molecule has 144 valence electrons. The van der Waals surface area contributed by atoms with Gasteiger partial charge in [-0.2, -0.15) is 0 Å². The van der Waals surface area contributed by atoms with E-state index in [1.807, 2.05) is 12.1 Å². The Kier molecular flexibility index (Phi) is 6.68. The van der Waals surface area contributed by atoms with Gasteiger partial charge in [0.05, 0.1) is 25.1 Å². The van der Waals surface area contributed by atoms with Crippen molar-refractivity contribution in [1.82, 2.24) is 15.2 Å². The average molecular weight is 361 g/mol. The fraction of sp³-hybridized carbons (Fsp3) is 0.684. The Hall–Kier alpha value is -1.86. The Morgan fingerprint density at radius 3 is 2.85 bits per heavy atom. The van der Waals surface area contributed by atoms with Crippen LogP contribution < -0.4 is 15.5 Å². The van der Waals surface area contributed by atoms with Crippen LogP contribution in [0.1, 0.15) is 26.7 Å². The van der Waals surface area contributed by atoms with Crippen molar-refractivity contribution >= 4 is 17.5 Å². The molecule has 2 fully saturated rings. The largest absolute Gasteiger partial charge is 0.378 e. The third-order valence-electron chi connectivity index (χ3n) is 5.21. The second kappa shape index (κ2) is 9.19. The van der Waals surface area contributed by atoms with Crippen molar-refractivity contribution in [1.29, 1.82) is 0 Å². The molecule has 7 nitrogen and oxygen atoms in total. The minimum atomic E-state index is -0.178. The fourth-order valence-corrected chi connectivity index (χ4v) is 3.61. The molecule has 2 unspecified atom stereocenters. The number of anilines is 2. The van der Waals surface area contributed by atoms with Gasteiger partial charge in [0, 0.05) is 32.2 Å². The van der Waals surface area contributed by atoms with Crippen LogP contribution in [-0.4, -0.2) is 67.9 Å². The van der Waals surface area contributed by atoms with Gasteiger partial charge >= 0.3 is 6.03 Å². The molecule has 1 aromatic rings. The molecule has 1 aromatic heterocycles. The Balaban J connectivity index is 1.42. The van der Waals surface area contributed by atoms with Crippen molar-refractivity contribution in [3.63, 3.8) is 0 Å². The molecule has 2 saturated heterocycles. The summed E-state index contributed by atoms with van der Waals surface area (Å²) in [6, 6.07) is 4.01. The molecule has 2 amide bonds. The molecule has 3 rings (SSSR count). The lowest BCUT2D eigenvalue weighted by atomic mass is 9.99. The van der Waals surface area contributed by atoms with Crippen LogP contribution >= 0.6 is 0 Å². The second-order valence-electron chi connectivity index (χ2n) is 7.43. The van der Waals surface area contributed by atoms with Crippen LogP contribution in [0.25, 0.3) is 0 Å². The fourth-order valence-electron chi connectivity index (χ4n) is 3.61. The summed E-state index contributed by atoms with van der Waals surface area (Å²) in [4.78, 5) is 21.3. The van der Waals surface area contributed by atoms with Crippen LogP contribution in [0.3, 0.4) is 0 Å². The first-order valence-electron chi connectivity index (χ1n) is 9.69. The van der Waals surface area contributed by atoms with Gasteiger partial charge in [0.1, 0.15) is 5.82 Å². The highest BCUT2D eigenvalue weighted by Crippen LogP contribution is 2.18. The maximum atomic E-state index is 12.2. The number of urea groups is 1. The van der Waals surface area contributed by atoms with Crippen LogP contribution in [0, 0.1) is 5.92 Å². The molecular weight excluding hydrogens is 330 g/mol. The van der Waals surface area contributed by atoms with Gasteiger partial charge in [-0.1, -0.05) is 6.92 Å². The van der Waals surface area contributed by atoms with E-state index >= 15 is 0 Å². The van der Waals surface area contributed by atoms with Gasteiger partial charge < -0.3 is 20.3 Å². The summed E-state index contributed by atoms with van der Waals surface area (Å²) in [5.41, 5.74) is 0.707. The minimum Gasteiger partial charge on any atom is -0.378 e. The predicted octanol–water partition coefficient (Wildman–Crippen LogP) is 2.16. The number of likely N-dealkylation sites (tertiary alicyclic amines) is 1. The maximum absolute atomic E-state index is 12.2. The van der Waals surface area contributed by atoms with E-state index < -0.39 is 0 Å². The standard InChI is InChI=1S/C19H31N5O2/c1-15-4-3-7-24(14-15)16(2)12-21-19(25)22-17-5-6-18(20-13-17)23-8-10-26-11-9-23/h5-6,13,15-16H,3-4,7-12,14H2,1-2H3,(H2,21,22,25). The number of carbonyl (C=O) groups is 1. The number of aromatic nitrogens is 1. The number of amides is 2. The molecule has 26 heavy (non-hydrogen) atoms. The zero-order valence-corrected chi connectivity index (χ0v) is 15.9. The summed E-state index contributed by atoms with van der Waals surface area (Å²) in [7, 11) is 0. The lowest BCUT2D eigenvalue weighted by molar-refractivity contribution is 0.122. The highest BCUT2D eigenvalue weighted by molar-refractivity contribution is 5.89. The molecule has 2 aliphatic heterocycles. The Labute approximate surface area is 156 Å². The molecule has 3 heterocycles. The summed E-state index contributed by atoms with van der Waals surface area (Å²) >= 11 is 0. The zero-order chi connectivity index (χ0) is 18.4. The number of nitrogens with zero attached hydrogens (tertiary/aromatic N) is 3. The molecule has 0 aromatic carbocycles. The monoisotopic (exact) mass is 361 g/mol. The summed E-state index contributed by atoms with van der Waals surface area (Å²) < 4.78 is 5.36. The number of morpholine rings is 1. The first-order chi connectivity index (χ1) is 12.6. The number of piperidine rings is 1. The van der Waals surface area contributed by atoms with Crippen molar-refractivity contribution < 1.29 is 9.53 Å². The number of carbonyl (C=O) groups excluding carboxylic acids is 1. The molecule has 2 N–H and O–H groups in total. The normalized spacial score (nSPS) is 22.7. The number of nitrogens with one attached hydrogen (secondary N) is 2. The number of hydrogen-bond donors (Lipinski definition) is 2. The van der Waals surface area contributed by atoms with Crippen molar-refractivity contribution in [2.45, 2.75) is 32.7 Å². The second-order valence-corrected chi connectivity index (χ2v) is 7.43. The van der Waals surface area contributed by atoms with Crippen molar-refractivity contribution in [3.8, 4) is 0 Å². The minimum absolute atomic E-state index is 0.178. The van der Waals surface area contributed by atoms with E-state index in [2.05, 4.69) is 39.3 Å². The zero-order valence-electron chi connectivity index (χ0n) is 15.9. The van der Waals surface area contributed by atoms with E-state index in [1.54, 1.807) is 6.20 Å². The smallest absolute Gasteiger partial charge is 0.319 e. The van der Waals surface area contributed by atoms with E-state index in [0.29, 0.717) is 18.3 Å². The predicted molar refractivity (Wildman–Crippen MR) is 104 cm³/mol. The van der Waals surface area contributed by atoms with Crippen molar-refractivity contribution in [2.75, 3.05) is 56.2 Å². The van der Waals surface area contributed by atoms with Gasteiger partial charge in [-0.3, -0.25) is 4.90 Å². The van der Waals surface area contributed by atoms with Crippen molar-refractivity contribution in [2.24, 2.45) is 5.92 Å². The van der Waals surface area contributed by atoms with Gasteiger partial charge in [0.25, 0.3) is 0 Å². The maximum Gasteiger partial charge on any atom is 0.319 e. The van der Waals surface area contributed by atoms with Gasteiger partial charge in [-0.25, -0.2) is 9.78 Å². The third kappa shape index (κ3) is 5.32. The first kappa shape index (κ1) is 18.9. The number of pyridine rings is 1. The van der Waals surface area contributed by atoms with E-state index in [0.717, 1.165) is 51.1 Å². The molecular formula is C19H31N5O2. The molecule has 0 bridgehead atoms. The third-order valence-corrected chi connectivity index (χ3v) is 5.21. The molecule has 2 atom stereocenters. The summed E-state index contributed by atoms with van der Waals surface area (Å²) in [6.45, 7) is 10.6. The number of ether oxygens (including phenoxy) is 1. The number of hydrogen-bond acceptors (Lipinski definition) is 5. The van der Waals surface area contributed by atoms with E-state index in [-0.39, 0.29) is 6.03 Å². The lowest BCUT2D eigenvalue weighted by Gasteiger charge is -2.35. The van der Waals surface area contributed by atoms with Crippen LogP contribution in [-0.2, 0) is 4.74 Å². The molecule has 0 spiro atoms. The van der Waals surface area contributed by atoms with E-state index in [1.165, 1.54) is 12.8 Å². The van der Waals surface area contributed by atoms with Crippen molar-refractivity contribution in [3.05, 3.63) is 18.3 Å². The Bertz CT molecular complexity index is 574. The SMILES string of the molecule is CC1CCCN(C(C)CNC(=O)Nc2ccc(N3CCOCC3)nc2)C1. The van der Waals surface area contributed by atoms with Crippen LogP contribution in [0.2, 0.25) is 0 Å². The molecule has 7 heteroatoms. The van der Waals surface area contributed by atoms with Gasteiger partial charge in [-0.15, -0.1) is 0 Å². The summed E-state index contributed by atoms with van der Waals surface area (Å²) in [5, 5.41) is 5.84. The van der Waals surface area contributed by atoms with Crippen LogP contribution in [0.4, 0.5) is 16.3 Å². The lowest BCUT2D eigenvalue weighted by Crippen LogP contribution is -2.47. The summed E-state index contributed by atoms with van der Waals surface area (Å²) in [5.74, 6) is 1.67. The van der Waals surface area contributed by atoms with Gasteiger partial charge in [-0.05, 0) is 44.4 Å². The summed E-state index contributed by atoms with van der Waals surface area (Å²) in [6.07, 6.45) is 4.27. The van der Waals surface area contributed by atoms with E-state index in [9.17, 15) is 4.79 Å². The van der Waals surface area contributed by atoms with Gasteiger partial charge in [0.2, 0.25) is 0 Å². The van der Waals surface area contributed by atoms with E-state index in [4.69, 9.17) is 4.74 Å². The highest BCUT2D eigenvalue weighted by Gasteiger charge is 2.21. The van der Waals surface area contributed by atoms with Gasteiger partial charge in [0.15, 0.2) is 0 Å². The molecule has 0 saturated carbocycles. The Morgan fingerprint density at radius 1 is 1.35 bits per heavy atom. The number of rotatable bonds is 5. The quantitative estimate of drug-likeness (QED) is 0.841. The molecule has 0 aliphatic carbocycles. The Morgan fingerprint density at radius 2 is 2.15 bits per heavy atom. The topological polar surface area (TPSA) is 69.7 Å². The average Bonchev–Trinajstić information content (AvgIpc) is 2.67. The molecule has 2 aliphatic rings. The van der Waals surface area contributed by atoms with Crippen LogP contribution in [0.15, 0.2) is 18.3 Å². The highest BCUT2D eigenvalue weighted by atomic mass is 16.5. The van der Waals surface area contributed by atoms with Crippen LogP contribution in [0.5, 0.6) is 0 Å².